The molecule has 0 bridgehead atoms. The van der Waals surface area contributed by atoms with Crippen molar-refractivity contribution >= 4 is 28.6 Å². The lowest BCUT2D eigenvalue weighted by Gasteiger charge is -2.13. The molecule has 5 nitrogen and oxygen atoms in total. The van der Waals surface area contributed by atoms with Gasteiger partial charge < -0.3 is 14.3 Å². The molecule has 0 aliphatic rings. The number of hydrogen-bond acceptors (Lipinski definition) is 3. The second kappa shape index (κ2) is 5.85. The first-order valence-electron chi connectivity index (χ1n) is 7.04. The zero-order valence-electron chi connectivity index (χ0n) is 12.3. The minimum Gasteiger partial charge on any atom is -0.428 e. The predicted octanol–water partition coefficient (Wildman–Crippen LogP) is 3.79. The fourth-order valence-electron chi connectivity index (χ4n) is 2.39. The zero-order valence-corrected chi connectivity index (χ0v) is 13.1. The summed E-state index contributed by atoms with van der Waals surface area (Å²) in [5.74, 6) is -0.161. The Morgan fingerprint density at radius 3 is 3.00 bits per heavy atom. The molecule has 1 amide bonds. The molecule has 2 heterocycles. The molecule has 6 heteroatoms. The lowest BCUT2D eigenvalue weighted by atomic mass is 10.2. The van der Waals surface area contributed by atoms with Gasteiger partial charge in [-0.1, -0.05) is 0 Å². The number of carbonyl (C=O) groups is 1. The Hall–Kier alpha value is -2.27. The Morgan fingerprint density at radius 2 is 2.23 bits per heavy atom. The fourth-order valence-corrected chi connectivity index (χ4v) is 2.57. The lowest BCUT2D eigenvalue weighted by Crippen LogP contribution is -2.24. The number of nitrogens with one attached hydrogen (secondary N) is 1. The maximum absolute atomic E-state index is 12.3. The fraction of sp³-hybridized carbons (Fsp3) is 0.250. The highest BCUT2D eigenvalue weighted by molar-refractivity contribution is 6.28. The molecule has 0 aliphatic heterocycles. The summed E-state index contributed by atoms with van der Waals surface area (Å²) in [5.41, 5.74) is 2.72. The summed E-state index contributed by atoms with van der Waals surface area (Å²) < 4.78 is 7.35. The van der Waals surface area contributed by atoms with Gasteiger partial charge in [-0.05, 0) is 55.8 Å². The lowest BCUT2D eigenvalue weighted by molar-refractivity contribution is 0.0950. The summed E-state index contributed by atoms with van der Waals surface area (Å²) in [5, 5.41) is 2.98. The summed E-state index contributed by atoms with van der Waals surface area (Å²) in [7, 11) is 0. The molecule has 1 aromatic carbocycles. The van der Waals surface area contributed by atoms with Gasteiger partial charge in [0.05, 0.1) is 6.54 Å². The van der Waals surface area contributed by atoms with Crippen LogP contribution in [0.15, 0.2) is 40.9 Å². The molecule has 3 rings (SSSR count). The molecule has 0 atom stereocenters. The number of fused-ring (bicyclic) bond motifs is 1. The highest BCUT2D eigenvalue weighted by atomic mass is 35.5. The third-order valence-corrected chi connectivity index (χ3v) is 3.64. The van der Waals surface area contributed by atoms with Crippen molar-refractivity contribution in [2.24, 2.45) is 0 Å². The molecule has 3 aromatic rings. The topological polar surface area (TPSA) is 60.1 Å². The number of amides is 1. The van der Waals surface area contributed by atoms with Gasteiger partial charge in [0.25, 0.3) is 11.3 Å². The van der Waals surface area contributed by atoms with Crippen molar-refractivity contribution < 1.29 is 9.21 Å². The molecule has 0 saturated heterocycles. The van der Waals surface area contributed by atoms with Gasteiger partial charge in [-0.25, -0.2) is 0 Å². The first kappa shape index (κ1) is 14.7. The van der Waals surface area contributed by atoms with Crippen molar-refractivity contribution in [3.8, 4) is 0 Å². The largest absolute Gasteiger partial charge is 0.428 e. The molecular formula is C16H16ClN3O2. The van der Waals surface area contributed by atoms with Crippen LogP contribution in [0.4, 0.5) is 0 Å². The van der Waals surface area contributed by atoms with Crippen LogP contribution in [0.2, 0.25) is 5.35 Å². The highest BCUT2D eigenvalue weighted by Gasteiger charge is 2.11. The molecule has 0 aliphatic carbocycles. The van der Waals surface area contributed by atoms with Crippen molar-refractivity contribution in [2.75, 3.05) is 0 Å². The van der Waals surface area contributed by atoms with Crippen molar-refractivity contribution in [2.45, 2.75) is 26.4 Å². The minimum atomic E-state index is -0.161. The summed E-state index contributed by atoms with van der Waals surface area (Å²) in [6, 6.07) is 9.40. The van der Waals surface area contributed by atoms with Gasteiger partial charge in [0, 0.05) is 23.5 Å². The van der Waals surface area contributed by atoms with Crippen LogP contribution in [-0.4, -0.2) is 15.5 Å². The molecule has 22 heavy (non-hydrogen) atoms. The van der Waals surface area contributed by atoms with Gasteiger partial charge >= 0.3 is 0 Å². The average Bonchev–Trinajstić information content (AvgIpc) is 3.08. The van der Waals surface area contributed by atoms with E-state index in [1.165, 1.54) is 0 Å². The second-order valence-electron chi connectivity index (χ2n) is 5.33. The second-order valence-corrected chi connectivity index (χ2v) is 5.66. The van der Waals surface area contributed by atoms with Crippen molar-refractivity contribution in [3.05, 3.63) is 53.1 Å². The minimum absolute atomic E-state index is 0.0716. The molecule has 0 unspecified atom stereocenters. The van der Waals surface area contributed by atoms with Gasteiger partial charge in [0.1, 0.15) is 5.52 Å². The summed E-state index contributed by atoms with van der Waals surface area (Å²) in [4.78, 5) is 16.3. The van der Waals surface area contributed by atoms with Crippen molar-refractivity contribution in [3.63, 3.8) is 0 Å². The Labute approximate surface area is 132 Å². The van der Waals surface area contributed by atoms with Gasteiger partial charge in [-0.2, -0.15) is 4.98 Å². The van der Waals surface area contributed by atoms with Crippen LogP contribution in [0.3, 0.4) is 0 Å². The van der Waals surface area contributed by atoms with Crippen molar-refractivity contribution in [1.29, 1.82) is 0 Å². The van der Waals surface area contributed by atoms with E-state index in [9.17, 15) is 4.79 Å². The molecule has 114 valence electrons. The maximum Gasteiger partial charge on any atom is 0.293 e. The zero-order chi connectivity index (χ0) is 15.7. The number of carbonyl (C=O) groups excluding carboxylic acids is 1. The van der Waals surface area contributed by atoms with Crippen LogP contribution in [0.25, 0.3) is 11.1 Å². The first-order chi connectivity index (χ1) is 10.5. The number of halogens is 1. The summed E-state index contributed by atoms with van der Waals surface area (Å²) in [6.07, 6.45) is 2.01. The van der Waals surface area contributed by atoms with Gasteiger partial charge in [0.2, 0.25) is 0 Å². The van der Waals surface area contributed by atoms with Gasteiger partial charge in [-0.3, -0.25) is 4.79 Å². The molecule has 2 aromatic heterocycles. The van der Waals surface area contributed by atoms with E-state index < -0.39 is 0 Å². The molecule has 0 fully saturated rings. The van der Waals surface area contributed by atoms with Gasteiger partial charge in [0.15, 0.2) is 5.58 Å². The summed E-state index contributed by atoms with van der Waals surface area (Å²) in [6.45, 7) is 4.68. The highest BCUT2D eigenvalue weighted by Crippen LogP contribution is 2.20. The van der Waals surface area contributed by atoms with Crippen molar-refractivity contribution in [1.82, 2.24) is 14.9 Å². The molecule has 0 saturated carbocycles. The Balaban J connectivity index is 1.74. The number of benzene rings is 1. The van der Waals surface area contributed by atoms with E-state index in [4.69, 9.17) is 16.0 Å². The Bertz CT molecular complexity index is 820. The van der Waals surface area contributed by atoms with Crippen LogP contribution in [0, 0.1) is 0 Å². The van der Waals surface area contributed by atoms with E-state index >= 15 is 0 Å². The quantitative estimate of drug-likeness (QED) is 0.796. The van der Waals surface area contributed by atoms with E-state index in [0.717, 1.165) is 5.69 Å². The molecule has 1 N–H and O–H groups in total. The van der Waals surface area contributed by atoms with E-state index in [0.29, 0.717) is 29.2 Å². The van der Waals surface area contributed by atoms with Crippen LogP contribution < -0.4 is 5.32 Å². The average molecular weight is 318 g/mol. The third-order valence-electron chi connectivity index (χ3n) is 3.48. The monoisotopic (exact) mass is 317 g/mol. The number of hydrogen-bond donors (Lipinski definition) is 1. The van der Waals surface area contributed by atoms with E-state index in [-0.39, 0.29) is 11.3 Å². The first-order valence-corrected chi connectivity index (χ1v) is 7.42. The SMILES string of the molecule is CC(C)n1cccc1CNC(=O)c1ccc2nc(Cl)oc2c1. The standard InChI is InChI=1S/C16H16ClN3O2/c1-10(2)20-7-3-4-12(20)9-18-15(21)11-5-6-13-14(8-11)22-16(17)19-13/h3-8,10H,9H2,1-2H3,(H,18,21). The molecular weight excluding hydrogens is 302 g/mol. The summed E-state index contributed by atoms with van der Waals surface area (Å²) >= 11 is 5.71. The predicted molar refractivity (Wildman–Crippen MR) is 85.0 cm³/mol. The van der Waals surface area contributed by atoms with Crippen LogP contribution in [0.1, 0.15) is 35.9 Å². The smallest absolute Gasteiger partial charge is 0.293 e. The van der Waals surface area contributed by atoms with Crippen LogP contribution >= 0.6 is 11.6 Å². The third kappa shape index (κ3) is 2.85. The van der Waals surface area contributed by atoms with Gasteiger partial charge in [-0.15, -0.1) is 0 Å². The van der Waals surface area contributed by atoms with E-state index in [2.05, 4.69) is 28.7 Å². The van der Waals surface area contributed by atoms with Crippen LogP contribution in [-0.2, 0) is 6.54 Å². The normalized spacial score (nSPS) is 11.3. The number of nitrogens with zero attached hydrogens (tertiary/aromatic N) is 2. The molecule has 0 radical (unpaired) electrons. The number of aromatic nitrogens is 2. The Morgan fingerprint density at radius 1 is 1.41 bits per heavy atom. The Kier molecular flexibility index (Phi) is 3.90. The number of rotatable bonds is 4. The van der Waals surface area contributed by atoms with E-state index in [1.807, 2.05) is 18.3 Å². The number of oxazole rings is 1. The van der Waals surface area contributed by atoms with Crippen LogP contribution in [0.5, 0.6) is 0 Å². The molecule has 0 spiro atoms. The van der Waals surface area contributed by atoms with E-state index in [1.54, 1.807) is 18.2 Å². The maximum atomic E-state index is 12.3.